The van der Waals surface area contributed by atoms with E-state index in [4.69, 9.17) is 10.1 Å². The van der Waals surface area contributed by atoms with Crippen LogP contribution in [0.3, 0.4) is 0 Å². The average molecular weight is 480 g/mol. The molecule has 1 aliphatic heterocycles. The van der Waals surface area contributed by atoms with Gasteiger partial charge in [0.25, 0.3) is 5.91 Å². The number of carbonyl (C=O) groups is 1. The lowest BCUT2D eigenvalue weighted by atomic mass is 10.0. The van der Waals surface area contributed by atoms with Crippen LogP contribution < -0.4 is 16.0 Å². The molecule has 0 saturated heterocycles. The Morgan fingerprint density at radius 1 is 1.00 bits per heavy atom. The van der Waals surface area contributed by atoms with Crippen LogP contribution in [0.5, 0.6) is 0 Å². The predicted molar refractivity (Wildman–Crippen MR) is 133 cm³/mol. The van der Waals surface area contributed by atoms with E-state index in [1.165, 1.54) is 36.4 Å². The zero-order chi connectivity index (χ0) is 25.4. The summed E-state index contributed by atoms with van der Waals surface area (Å²) in [5, 5.41) is 16.8. The van der Waals surface area contributed by atoms with Crippen LogP contribution in [0.1, 0.15) is 30.5 Å². The molecule has 35 heavy (non-hydrogen) atoms. The Balaban J connectivity index is 0.00000167. The zero-order valence-corrected chi connectivity index (χ0v) is 19.6. The lowest BCUT2D eigenvalue weighted by Gasteiger charge is -2.23. The van der Waals surface area contributed by atoms with Crippen molar-refractivity contribution in [1.82, 2.24) is 10.6 Å². The Labute approximate surface area is 202 Å². The summed E-state index contributed by atoms with van der Waals surface area (Å²) in [6.07, 6.45) is -2.05. The van der Waals surface area contributed by atoms with Crippen molar-refractivity contribution in [2.75, 3.05) is 12.4 Å². The Hall–Kier alpha value is -3.95. The van der Waals surface area contributed by atoms with Crippen LogP contribution >= 0.6 is 0 Å². The second kappa shape index (κ2) is 12.0. The van der Waals surface area contributed by atoms with Gasteiger partial charge < -0.3 is 10.1 Å². The van der Waals surface area contributed by atoms with Crippen LogP contribution in [0, 0.1) is 17.0 Å². The number of rotatable bonds is 6. The highest BCUT2D eigenvalue weighted by Gasteiger charge is 2.28. The first-order valence-electron chi connectivity index (χ1n) is 11.1. The van der Waals surface area contributed by atoms with E-state index < -0.39 is 24.2 Å². The number of carbonyl (C=O) groups excluding carboxylic acids is 1. The number of nitrogens with one attached hydrogen (secondary N) is 4. The quantitative estimate of drug-likeness (QED) is 0.241. The third kappa shape index (κ3) is 6.34. The van der Waals surface area contributed by atoms with Gasteiger partial charge >= 0.3 is 0 Å². The summed E-state index contributed by atoms with van der Waals surface area (Å²) in [7, 11) is 1.59. The average Bonchev–Trinajstić information content (AvgIpc) is 3.01. The molecule has 4 rings (SSSR count). The maximum Gasteiger partial charge on any atom is 0.264 e. The lowest BCUT2D eigenvalue weighted by molar-refractivity contribution is -0.118. The number of ether oxygens (including phenoxy) is 1. The van der Waals surface area contributed by atoms with Crippen LogP contribution in [-0.2, 0) is 9.53 Å². The van der Waals surface area contributed by atoms with Gasteiger partial charge in [0.1, 0.15) is 11.6 Å². The fraction of sp³-hybridized carbons (Fsp3) is 0.192. The topological polar surface area (TPSA) is 98.6 Å². The van der Waals surface area contributed by atoms with Crippen LogP contribution in [0.15, 0.2) is 77.8 Å². The zero-order valence-electron chi connectivity index (χ0n) is 19.6. The molecule has 0 saturated carbocycles. The first kappa shape index (κ1) is 25.7. The summed E-state index contributed by atoms with van der Waals surface area (Å²) in [5.74, 6) is -1.46. The predicted octanol–water partition coefficient (Wildman–Crippen LogP) is 4.24. The van der Waals surface area contributed by atoms with Gasteiger partial charge in [0.05, 0.1) is 11.4 Å². The Kier molecular flexibility index (Phi) is 8.77. The van der Waals surface area contributed by atoms with E-state index in [0.29, 0.717) is 28.1 Å². The third-order valence-corrected chi connectivity index (χ3v) is 4.98. The monoisotopic (exact) mass is 479 g/mol. The van der Waals surface area contributed by atoms with Crippen molar-refractivity contribution in [1.29, 1.82) is 5.41 Å². The molecule has 0 fully saturated rings. The molecule has 4 N–H and O–H groups in total. The number of anilines is 1. The van der Waals surface area contributed by atoms with Gasteiger partial charge in [-0.3, -0.25) is 20.5 Å². The van der Waals surface area contributed by atoms with Gasteiger partial charge in [0.15, 0.2) is 6.17 Å². The van der Waals surface area contributed by atoms with E-state index in [1.54, 1.807) is 31.3 Å². The highest BCUT2D eigenvalue weighted by Crippen LogP contribution is 2.24. The van der Waals surface area contributed by atoms with E-state index in [-0.39, 0.29) is 11.7 Å². The van der Waals surface area contributed by atoms with Gasteiger partial charge in [-0.05, 0) is 61.6 Å². The van der Waals surface area contributed by atoms with Crippen LogP contribution in [0.2, 0.25) is 0 Å². The highest BCUT2D eigenvalue weighted by atomic mass is 19.1. The molecule has 0 spiro atoms. The largest absolute Gasteiger partial charge is 0.445 e. The van der Waals surface area contributed by atoms with E-state index in [2.05, 4.69) is 20.9 Å². The molecule has 2 unspecified atom stereocenters. The molecule has 9 heteroatoms. The minimum absolute atomic E-state index is 0.220. The molecule has 3 aromatic carbocycles. The minimum Gasteiger partial charge on any atom is -0.445 e. The molecular weight excluding hydrogens is 452 g/mol. The molecule has 0 radical (unpaired) electrons. The second-order valence-electron chi connectivity index (χ2n) is 7.21. The fourth-order valence-corrected chi connectivity index (χ4v) is 3.31. The molecule has 1 aliphatic rings. The molecule has 7 nitrogen and oxygen atoms in total. The standard InChI is InChI=1S/C24H21F2N5O2.C2H6/c1-28-24(33-21(27)15-8-12-17(26)13-9-15)31-22-23(32)29-19-5-3-2-4-18(19)20(30-22)14-6-10-16(25)11-7-14;1-2/h2-13,22,24,27-28,31H,1H3,(H,29,32);1-2H3. The van der Waals surface area contributed by atoms with Gasteiger partial charge in [-0.1, -0.05) is 32.0 Å². The molecule has 2 atom stereocenters. The number of halogens is 2. The SMILES string of the molecule is CC.CNC(NC1N=C(c2ccc(F)cc2)c2ccccc2NC1=O)OC(=N)c1ccc(F)cc1. The van der Waals surface area contributed by atoms with Crippen molar-refractivity contribution in [3.63, 3.8) is 0 Å². The molecule has 0 aliphatic carbocycles. The van der Waals surface area contributed by atoms with Crippen molar-refractivity contribution in [2.24, 2.45) is 4.99 Å². The summed E-state index contributed by atoms with van der Waals surface area (Å²) < 4.78 is 32.2. The van der Waals surface area contributed by atoms with Crippen molar-refractivity contribution in [2.45, 2.75) is 26.4 Å². The number of fused-ring (bicyclic) bond motifs is 1. The first-order valence-corrected chi connectivity index (χ1v) is 11.1. The van der Waals surface area contributed by atoms with Crippen molar-refractivity contribution in [3.05, 3.63) is 101 Å². The molecule has 0 aromatic heterocycles. The summed E-state index contributed by atoms with van der Waals surface area (Å²) in [4.78, 5) is 17.5. The number of amides is 1. The summed E-state index contributed by atoms with van der Waals surface area (Å²) in [6.45, 7) is 4.00. The number of benzodiazepines with no additional fused rings is 1. The molecule has 182 valence electrons. The lowest BCUT2D eigenvalue weighted by Crippen LogP contribution is -2.52. The summed E-state index contributed by atoms with van der Waals surface area (Å²) in [6, 6.07) is 18.3. The van der Waals surface area contributed by atoms with Crippen LogP contribution in [-0.4, -0.2) is 37.1 Å². The fourth-order valence-electron chi connectivity index (χ4n) is 3.31. The first-order chi connectivity index (χ1) is 16.9. The molecule has 1 amide bonds. The number of benzene rings is 3. The number of hydrogen-bond acceptors (Lipinski definition) is 6. The van der Waals surface area contributed by atoms with Gasteiger partial charge in [-0.15, -0.1) is 0 Å². The van der Waals surface area contributed by atoms with Crippen LogP contribution in [0.4, 0.5) is 14.5 Å². The van der Waals surface area contributed by atoms with E-state index in [9.17, 15) is 13.6 Å². The van der Waals surface area contributed by atoms with E-state index >= 15 is 0 Å². The Bertz CT molecular complexity index is 1200. The molecule has 0 bridgehead atoms. The number of aliphatic imine (C=N–C) groups is 1. The number of hydrogen-bond donors (Lipinski definition) is 4. The minimum atomic E-state index is -1.09. The molecule has 1 heterocycles. The van der Waals surface area contributed by atoms with E-state index in [0.717, 1.165) is 0 Å². The normalized spacial score (nSPS) is 15.4. The van der Waals surface area contributed by atoms with Crippen LogP contribution in [0.25, 0.3) is 0 Å². The maximum absolute atomic E-state index is 13.5. The summed E-state index contributed by atoms with van der Waals surface area (Å²) >= 11 is 0. The van der Waals surface area contributed by atoms with Gasteiger partial charge in [-0.2, -0.15) is 0 Å². The van der Waals surface area contributed by atoms with Crippen molar-refractivity contribution in [3.8, 4) is 0 Å². The number of nitrogens with zero attached hydrogens (tertiary/aromatic N) is 1. The Morgan fingerprint density at radius 2 is 1.60 bits per heavy atom. The molecule has 3 aromatic rings. The van der Waals surface area contributed by atoms with Crippen molar-refractivity contribution < 1.29 is 18.3 Å². The maximum atomic E-state index is 13.5. The van der Waals surface area contributed by atoms with Crippen molar-refractivity contribution >= 4 is 23.2 Å². The van der Waals surface area contributed by atoms with E-state index in [1.807, 2.05) is 26.0 Å². The third-order valence-electron chi connectivity index (χ3n) is 4.98. The Morgan fingerprint density at radius 3 is 2.23 bits per heavy atom. The summed E-state index contributed by atoms with van der Waals surface area (Å²) in [5.41, 5.74) is 2.74. The van der Waals surface area contributed by atoms with Gasteiger partial charge in [0, 0.05) is 16.7 Å². The highest BCUT2D eigenvalue weighted by molar-refractivity contribution is 6.19. The van der Waals surface area contributed by atoms with Gasteiger partial charge in [-0.25, -0.2) is 14.1 Å². The molecular formula is C26H27F2N5O2. The smallest absolute Gasteiger partial charge is 0.264 e. The number of para-hydroxylation sites is 1. The van der Waals surface area contributed by atoms with Gasteiger partial charge in [0.2, 0.25) is 12.2 Å². The second-order valence-corrected chi connectivity index (χ2v) is 7.21.